The number of alkyl carbamates (subject to hydrolysis) is 1. The summed E-state index contributed by atoms with van der Waals surface area (Å²) < 4.78 is 17.8. The van der Waals surface area contributed by atoms with Gasteiger partial charge in [0.05, 0.1) is 6.10 Å². The van der Waals surface area contributed by atoms with Gasteiger partial charge in [0.2, 0.25) is 0 Å². The van der Waals surface area contributed by atoms with Crippen LogP contribution in [-0.4, -0.2) is 23.3 Å². The molecule has 0 bridgehead atoms. The lowest BCUT2D eigenvalue weighted by Crippen LogP contribution is -2.33. The molecule has 0 spiro atoms. The maximum atomic E-state index is 12.7. The number of hydrogen-bond acceptors (Lipinski definition) is 3. The molecule has 1 atom stereocenters. The molecule has 0 aromatic heterocycles. The van der Waals surface area contributed by atoms with Crippen LogP contribution in [-0.2, 0) is 4.74 Å². The van der Waals surface area contributed by atoms with E-state index in [1.807, 2.05) is 0 Å². The molecule has 0 heterocycles. The van der Waals surface area contributed by atoms with Crippen LogP contribution in [0, 0.1) is 5.82 Å². The van der Waals surface area contributed by atoms with Crippen LogP contribution in [0.1, 0.15) is 45.3 Å². The molecule has 0 saturated carbocycles. The second kappa shape index (κ2) is 7.24. The summed E-state index contributed by atoms with van der Waals surface area (Å²) in [5, 5.41) is 12.5. The third-order valence-corrected chi connectivity index (χ3v) is 2.58. The summed E-state index contributed by atoms with van der Waals surface area (Å²) in [5.41, 5.74) is 0.154. The Morgan fingerprint density at radius 3 is 2.50 bits per heavy atom. The Balaban J connectivity index is 2.24. The lowest BCUT2D eigenvalue weighted by Gasteiger charge is -2.19. The number of benzene rings is 1. The Morgan fingerprint density at radius 2 is 1.95 bits per heavy atom. The van der Waals surface area contributed by atoms with E-state index in [9.17, 15) is 14.3 Å². The highest BCUT2D eigenvalue weighted by atomic mass is 19.1. The smallest absolute Gasteiger partial charge is 0.407 e. The van der Waals surface area contributed by atoms with E-state index in [4.69, 9.17) is 4.74 Å². The lowest BCUT2D eigenvalue weighted by molar-refractivity contribution is 0.0523. The summed E-state index contributed by atoms with van der Waals surface area (Å²) in [6.07, 6.45) is -0.0241. The quantitative estimate of drug-likeness (QED) is 0.816. The summed E-state index contributed by atoms with van der Waals surface area (Å²) in [6, 6.07) is 5.75. The average Bonchev–Trinajstić information content (AvgIpc) is 2.33. The van der Waals surface area contributed by atoms with Crippen LogP contribution in [0.4, 0.5) is 9.18 Å². The van der Waals surface area contributed by atoms with Gasteiger partial charge in [-0.1, -0.05) is 12.1 Å². The molecule has 0 saturated heterocycles. The topological polar surface area (TPSA) is 58.6 Å². The Morgan fingerprint density at radius 1 is 1.35 bits per heavy atom. The second-order valence-electron chi connectivity index (χ2n) is 5.64. The summed E-state index contributed by atoms with van der Waals surface area (Å²) >= 11 is 0. The fourth-order valence-electron chi connectivity index (χ4n) is 1.65. The van der Waals surface area contributed by atoms with E-state index < -0.39 is 17.8 Å². The zero-order chi connectivity index (χ0) is 15.2. The van der Waals surface area contributed by atoms with Crippen LogP contribution in [0.5, 0.6) is 0 Å². The number of nitrogens with one attached hydrogen (secondary N) is 1. The van der Waals surface area contributed by atoms with Gasteiger partial charge in [0, 0.05) is 6.54 Å². The van der Waals surface area contributed by atoms with Gasteiger partial charge in [-0.2, -0.15) is 0 Å². The minimum Gasteiger partial charge on any atom is -0.444 e. The van der Waals surface area contributed by atoms with E-state index in [0.717, 1.165) is 0 Å². The molecule has 1 amide bonds. The number of ether oxygens (including phenoxy) is 1. The van der Waals surface area contributed by atoms with Gasteiger partial charge in [-0.05, 0) is 51.3 Å². The Kier molecular flexibility index (Phi) is 5.95. The van der Waals surface area contributed by atoms with Crippen molar-refractivity contribution in [1.82, 2.24) is 5.32 Å². The van der Waals surface area contributed by atoms with Crippen LogP contribution in [0.3, 0.4) is 0 Å². The Labute approximate surface area is 119 Å². The van der Waals surface area contributed by atoms with E-state index in [2.05, 4.69) is 5.32 Å². The Hall–Kier alpha value is -1.62. The molecule has 1 aromatic rings. The van der Waals surface area contributed by atoms with E-state index in [1.165, 1.54) is 12.1 Å². The third-order valence-electron chi connectivity index (χ3n) is 2.58. The van der Waals surface area contributed by atoms with Gasteiger partial charge in [-0.15, -0.1) is 0 Å². The molecule has 0 radical (unpaired) electrons. The highest BCUT2D eigenvalue weighted by Crippen LogP contribution is 2.18. The standard InChI is InChI=1S/C15H22FNO3/c1-15(2,3)20-14(19)17-10-4-5-13(18)11-6-8-12(16)9-7-11/h6-9,13,18H,4-5,10H2,1-3H3,(H,17,19)/t13-/m1/s1. The number of halogens is 1. The average molecular weight is 283 g/mol. The maximum absolute atomic E-state index is 12.7. The molecule has 0 aliphatic carbocycles. The first-order valence-electron chi connectivity index (χ1n) is 6.68. The summed E-state index contributed by atoms with van der Waals surface area (Å²) in [7, 11) is 0. The van der Waals surface area contributed by atoms with Crippen molar-refractivity contribution in [3.05, 3.63) is 35.6 Å². The SMILES string of the molecule is CC(C)(C)OC(=O)NCCC[C@@H](O)c1ccc(F)cc1. The molecule has 0 unspecified atom stereocenters. The maximum Gasteiger partial charge on any atom is 0.407 e. The molecule has 1 rings (SSSR count). The van der Waals surface area contributed by atoms with Crippen molar-refractivity contribution in [2.75, 3.05) is 6.54 Å². The first-order chi connectivity index (χ1) is 9.28. The number of hydrogen-bond donors (Lipinski definition) is 2. The van der Waals surface area contributed by atoms with Crippen LogP contribution in [0.2, 0.25) is 0 Å². The van der Waals surface area contributed by atoms with E-state index >= 15 is 0 Å². The van der Waals surface area contributed by atoms with E-state index in [1.54, 1.807) is 32.9 Å². The number of aliphatic hydroxyl groups is 1. The van der Waals surface area contributed by atoms with Crippen molar-refractivity contribution in [2.45, 2.75) is 45.3 Å². The van der Waals surface area contributed by atoms with Crippen molar-refractivity contribution in [3.8, 4) is 0 Å². The molecule has 20 heavy (non-hydrogen) atoms. The lowest BCUT2D eigenvalue weighted by atomic mass is 10.1. The number of aliphatic hydroxyl groups excluding tert-OH is 1. The summed E-state index contributed by atoms with van der Waals surface area (Å²) in [6.45, 7) is 5.81. The van der Waals surface area contributed by atoms with Gasteiger partial charge in [0.1, 0.15) is 11.4 Å². The highest BCUT2D eigenvalue weighted by molar-refractivity contribution is 5.67. The number of carbonyl (C=O) groups excluding carboxylic acids is 1. The molecular formula is C15H22FNO3. The number of amides is 1. The van der Waals surface area contributed by atoms with Crippen LogP contribution >= 0.6 is 0 Å². The van der Waals surface area contributed by atoms with Gasteiger partial charge in [-0.25, -0.2) is 9.18 Å². The molecular weight excluding hydrogens is 261 g/mol. The third kappa shape index (κ3) is 6.52. The molecule has 1 aromatic carbocycles. The summed E-state index contributed by atoms with van der Waals surface area (Å²) in [5.74, 6) is -0.326. The predicted molar refractivity (Wildman–Crippen MR) is 74.8 cm³/mol. The zero-order valence-electron chi connectivity index (χ0n) is 12.1. The first kappa shape index (κ1) is 16.4. The van der Waals surface area contributed by atoms with Gasteiger partial charge < -0.3 is 15.2 Å². The van der Waals surface area contributed by atoms with Crippen LogP contribution in [0.15, 0.2) is 24.3 Å². The molecule has 0 aliphatic rings. The molecule has 112 valence electrons. The second-order valence-corrected chi connectivity index (χ2v) is 5.64. The highest BCUT2D eigenvalue weighted by Gasteiger charge is 2.15. The molecule has 5 heteroatoms. The predicted octanol–water partition coefficient (Wildman–Crippen LogP) is 3.16. The van der Waals surface area contributed by atoms with Crippen LogP contribution in [0.25, 0.3) is 0 Å². The Bertz CT molecular complexity index is 426. The van der Waals surface area contributed by atoms with Crippen molar-refractivity contribution >= 4 is 6.09 Å². The molecule has 2 N–H and O–H groups in total. The number of rotatable bonds is 5. The zero-order valence-corrected chi connectivity index (χ0v) is 12.1. The molecule has 0 aliphatic heterocycles. The minimum atomic E-state index is -0.656. The van der Waals surface area contributed by atoms with Gasteiger partial charge in [-0.3, -0.25) is 0 Å². The largest absolute Gasteiger partial charge is 0.444 e. The fraction of sp³-hybridized carbons (Fsp3) is 0.533. The van der Waals surface area contributed by atoms with Gasteiger partial charge in [0.25, 0.3) is 0 Å². The van der Waals surface area contributed by atoms with Crippen molar-refractivity contribution < 1.29 is 19.0 Å². The number of carbonyl (C=O) groups is 1. The minimum absolute atomic E-state index is 0.326. The van der Waals surface area contributed by atoms with Crippen molar-refractivity contribution in [2.24, 2.45) is 0 Å². The fourth-order valence-corrected chi connectivity index (χ4v) is 1.65. The van der Waals surface area contributed by atoms with E-state index in [0.29, 0.717) is 24.9 Å². The first-order valence-corrected chi connectivity index (χ1v) is 6.68. The van der Waals surface area contributed by atoms with E-state index in [-0.39, 0.29) is 5.82 Å². The molecule has 4 nitrogen and oxygen atoms in total. The van der Waals surface area contributed by atoms with Crippen LogP contribution < -0.4 is 5.32 Å². The summed E-state index contributed by atoms with van der Waals surface area (Å²) in [4.78, 5) is 11.4. The van der Waals surface area contributed by atoms with Crippen molar-refractivity contribution in [3.63, 3.8) is 0 Å². The molecule has 0 fully saturated rings. The normalized spacial score (nSPS) is 12.8. The van der Waals surface area contributed by atoms with Gasteiger partial charge in [0.15, 0.2) is 0 Å². The van der Waals surface area contributed by atoms with Gasteiger partial charge >= 0.3 is 6.09 Å². The monoisotopic (exact) mass is 283 g/mol. The van der Waals surface area contributed by atoms with Crippen molar-refractivity contribution in [1.29, 1.82) is 0 Å².